The molecule has 0 fully saturated rings. The van der Waals surface area contributed by atoms with Gasteiger partial charge in [0.15, 0.2) is 0 Å². The Morgan fingerprint density at radius 2 is 1.76 bits per heavy atom. The first kappa shape index (κ1) is 11.3. The van der Waals surface area contributed by atoms with Gasteiger partial charge >= 0.3 is 0 Å². The summed E-state index contributed by atoms with van der Waals surface area (Å²) in [6.07, 6.45) is 3.66. The number of hydrogen-bond acceptors (Lipinski definition) is 1. The topological polar surface area (TPSA) is 23.9 Å². The molecule has 0 aromatic heterocycles. The summed E-state index contributed by atoms with van der Waals surface area (Å²) < 4.78 is 0. The average molecular weight is 221 g/mol. The highest BCUT2D eigenvalue weighted by molar-refractivity contribution is 6.14. The molecule has 0 unspecified atom stereocenters. The van der Waals surface area contributed by atoms with Crippen molar-refractivity contribution in [3.05, 3.63) is 72.3 Å². The lowest BCUT2D eigenvalue weighted by Gasteiger charge is -2.04. The lowest BCUT2D eigenvalue weighted by Crippen LogP contribution is -1.95. The molecule has 1 N–H and O–H groups in total. The van der Waals surface area contributed by atoms with E-state index >= 15 is 0 Å². The van der Waals surface area contributed by atoms with Gasteiger partial charge in [-0.2, -0.15) is 0 Å². The van der Waals surface area contributed by atoms with Crippen molar-refractivity contribution in [1.29, 1.82) is 5.41 Å². The molecule has 0 heterocycles. The second-order valence-corrected chi connectivity index (χ2v) is 4.12. The molecule has 1 nitrogen and oxygen atoms in total. The van der Waals surface area contributed by atoms with Crippen LogP contribution in [0.15, 0.2) is 66.8 Å². The standard InChI is InChI=1S/C16H15N/c1-12(2)10-11-16(17)15-9-5-7-13-6-3-4-8-14(13)15/h3-11,17H,1H2,2H3/b11-10-,17-16?. The van der Waals surface area contributed by atoms with E-state index in [1.54, 1.807) is 6.08 Å². The Bertz CT molecular complexity index is 600. The molecule has 0 amide bonds. The van der Waals surface area contributed by atoms with E-state index in [1.165, 1.54) is 5.39 Å². The second kappa shape index (κ2) is 4.79. The Morgan fingerprint density at radius 3 is 2.53 bits per heavy atom. The molecule has 2 aromatic carbocycles. The molecule has 0 atom stereocenters. The minimum atomic E-state index is 0.518. The van der Waals surface area contributed by atoms with Crippen LogP contribution in [0.25, 0.3) is 10.8 Å². The van der Waals surface area contributed by atoms with E-state index in [2.05, 4.69) is 18.7 Å². The molecule has 0 bridgehead atoms. The summed E-state index contributed by atoms with van der Waals surface area (Å²) in [5.74, 6) is 0. The molecule has 0 spiro atoms. The summed E-state index contributed by atoms with van der Waals surface area (Å²) in [6, 6.07) is 14.2. The lowest BCUT2D eigenvalue weighted by atomic mass is 10.0. The number of allylic oxidation sites excluding steroid dienone is 3. The summed E-state index contributed by atoms with van der Waals surface area (Å²) >= 11 is 0. The van der Waals surface area contributed by atoms with Crippen LogP contribution in [0.1, 0.15) is 12.5 Å². The van der Waals surface area contributed by atoms with Gasteiger partial charge in [0.05, 0.1) is 5.71 Å². The Labute approximate surface area is 102 Å². The van der Waals surface area contributed by atoms with E-state index in [4.69, 9.17) is 5.41 Å². The zero-order valence-electron chi connectivity index (χ0n) is 9.90. The highest BCUT2D eigenvalue weighted by atomic mass is 14.4. The van der Waals surface area contributed by atoms with E-state index in [-0.39, 0.29) is 0 Å². The van der Waals surface area contributed by atoms with Crippen LogP contribution in [0.5, 0.6) is 0 Å². The molecule has 17 heavy (non-hydrogen) atoms. The molecule has 0 aliphatic carbocycles. The van der Waals surface area contributed by atoms with Crippen molar-refractivity contribution in [2.24, 2.45) is 0 Å². The van der Waals surface area contributed by atoms with Crippen molar-refractivity contribution in [2.45, 2.75) is 6.92 Å². The minimum Gasteiger partial charge on any atom is -0.300 e. The SMILES string of the molecule is C=C(C)/C=C\C(=N)c1cccc2ccccc12. The van der Waals surface area contributed by atoms with Crippen molar-refractivity contribution >= 4 is 16.5 Å². The van der Waals surface area contributed by atoms with Crippen LogP contribution < -0.4 is 0 Å². The summed E-state index contributed by atoms with van der Waals surface area (Å²) in [6.45, 7) is 5.72. The summed E-state index contributed by atoms with van der Waals surface area (Å²) in [7, 11) is 0. The molecule has 0 aliphatic heterocycles. The maximum atomic E-state index is 8.08. The quantitative estimate of drug-likeness (QED) is 0.589. The monoisotopic (exact) mass is 221 g/mol. The third-order valence-electron chi connectivity index (χ3n) is 2.61. The zero-order valence-corrected chi connectivity index (χ0v) is 9.90. The highest BCUT2D eigenvalue weighted by Crippen LogP contribution is 2.19. The largest absolute Gasteiger partial charge is 0.300 e. The number of fused-ring (bicyclic) bond motifs is 1. The van der Waals surface area contributed by atoms with Crippen molar-refractivity contribution in [3.63, 3.8) is 0 Å². The first-order chi connectivity index (χ1) is 8.18. The predicted octanol–water partition coefficient (Wildman–Crippen LogP) is 4.34. The smallest absolute Gasteiger partial charge is 0.0618 e. The van der Waals surface area contributed by atoms with Crippen molar-refractivity contribution in [1.82, 2.24) is 0 Å². The first-order valence-electron chi connectivity index (χ1n) is 5.59. The number of hydrogen-bond donors (Lipinski definition) is 1. The Balaban J connectivity index is 2.49. The molecular weight excluding hydrogens is 206 g/mol. The molecule has 0 saturated carbocycles. The Kier molecular flexibility index (Phi) is 3.20. The van der Waals surface area contributed by atoms with E-state index < -0.39 is 0 Å². The molecule has 2 aromatic rings. The van der Waals surface area contributed by atoms with Crippen LogP contribution in [-0.4, -0.2) is 5.71 Å². The summed E-state index contributed by atoms with van der Waals surface area (Å²) in [4.78, 5) is 0. The van der Waals surface area contributed by atoms with Gasteiger partial charge in [0.25, 0.3) is 0 Å². The van der Waals surface area contributed by atoms with Crippen LogP contribution in [0.4, 0.5) is 0 Å². The van der Waals surface area contributed by atoms with Crippen LogP contribution in [0.2, 0.25) is 0 Å². The Hall–Kier alpha value is -2.15. The van der Waals surface area contributed by atoms with E-state index in [0.29, 0.717) is 5.71 Å². The minimum absolute atomic E-state index is 0.518. The van der Waals surface area contributed by atoms with Crippen molar-refractivity contribution in [3.8, 4) is 0 Å². The van der Waals surface area contributed by atoms with E-state index in [9.17, 15) is 0 Å². The highest BCUT2D eigenvalue weighted by Gasteiger charge is 2.02. The van der Waals surface area contributed by atoms with Crippen LogP contribution in [0, 0.1) is 5.41 Å². The first-order valence-corrected chi connectivity index (χ1v) is 5.59. The molecule has 84 valence electrons. The number of nitrogens with one attached hydrogen (secondary N) is 1. The fourth-order valence-electron chi connectivity index (χ4n) is 1.78. The lowest BCUT2D eigenvalue weighted by molar-refractivity contribution is 1.49. The fourth-order valence-corrected chi connectivity index (χ4v) is 1.78. The molecule has 2 rings (SSSR count). The predicted molar refractivity (Wildman–Crippen MR) is 74.7 cm³/mol. The van der Waals surface area contributed by atoms with E-state index in [0.717, 1.165) is 16.5 Å². The van der Waals surface area contributed by atoms with Gasteiger partial charge in [-0.1, -0.05) is 60.7 Å². The number of benzene rings is 2. The third-order valence-corrected chi connectivity index (χ3v) is 2.61. The van der Waals surface area contributed by atoms with Crippen LogP contribution >= 0.6 is 0 Å². The van der Waals surface area contributed by atoms with Gasteiger partial charge in [-0.05, 0) is 23.8 Å². The van der Waals surface area contributed by atoms with Crippen molar-refractivity contribution < 1.29 is 0 Å². The summed E-state index contributed by atoms with van der Waals surface area (Å²) in [5.41, 5.74) is 2.43. The van der Waals surface area contributed by atoms with Gasteiger partial charge in [0, 0.05) is 5.56 Å². The molecule has 0 aliphatic rings. The molecule has 0 saturated heterocycles. The van der Waals surface area contributed by atoms with Gasteiger partial charge in [0.1, 0.15) is 0 Å². The normalized spacial score (nSPS) is 10.9. The maximum Gasteiger partial charge on any atom is 0.0618 e. The van der Waals surface area contributed by atoms with Gasteiger partial charge in [0.2, 0.25) is 0 Å². The van der Waals surface area contributed by atoms with Crippen LogP contribution in [-0.2, 0) is 0 Å². The third kappa shape index (κ3) is 2.51. The van der Waals surface area contributed by atoms with Gasteiger partial charge in [-0.3, -0.25) is 0 Å². The van der Waals surface area contributed by atoms with E-state index in [1.807, 2.05) is 43.3 Å². The molecule has 1 heteroatoms. The molecular formula is C16H15N. The number of rotatable bonds is 3. The van der Waals surface area contributed by atoms with Crippen LogP contribution in [0.3, 0.4) is 0 Å². The average Bonchev–Trinajstić information content (AvgIpc) is 2.35. The second-order valence-electron chi connectivity index (χ2n) is 4.12. The van der Waals surface area contributed by atoms with Gasteiger partial charge in [-0.15, -0.1) is 0 Å². The van der Waals surface area contributed by atoms with Gasteiger partial charge < -0.3 is 5.41 Å². The van der Waals surface area contributed by atoms with Gasteiger partial charge in [-0.25, -0.2) is 0 Å². The zero-order chi connectivity index (χ0) is 12.3. The molecule has 0 radical (unpaired) electrons. The van der Waals surface area contributed by atoms with Crippen molar-refractivity contribution in [2.75, 3.05) is 0 Å². The Morgan fingerprint density at radius 1 is 1.06 bits per heavy atom. The maximum absolute atomic E-state index is 8.08. The fraction of sp³-hybridized carbons (Fsp3) is 0.0625. The summed E-state index contributed by atoms with van der Waals surface area (Å²) in [5, 5.41) is 10.4.